The van der Waals surface area contributed by atoms with Crippen molar-refractivity contribution in [3.8, 4) is 0 Å². The van der Waals surface area contributed by atoms with Crippen LogP contribution in [0.2, 0.25) is 0 Å². The molecule has 0 amide bonds. The van der Waals surface area contributed by atoms with Crippen molar-refractivity contribution in [3.63, 3.8) is 0 Å². The van der Waals surface area contributed by atoms with E-state index in [0.717, 1.165) is 32.7 Å². The number of nitrogens with two attached hydrogens (primary N) is 1. The summed E-state index contributed by atoms with van der Waals surface area (Å²) >= 11 is 0. The average Bonchev–Trinajstić information content (AvgIpc) is 2.70. The molecule has 0 aromatic rings. The molecule has 2 atom stereocenters. The van der Waals surface area contributed by atoms with Crippen molar-refractivity contribution < 1.29 is 4.74 Å². The van der Waals surface area contributed by atoms with Gasteiger partial charge in [0.15, 0.2) is 0 Å². The van der Waals surface area contributed by atoms with Gasteiger partial charge in [-0.2, -0.15) is 0 Å². The van der Waals surface area contributed by atoms with Gasteiger partial charge in [-0.15, -0.1) is 0 Å². The molecule has 0 radical (unpaired) electrons. The third kappa shape index (κ3) is 3.72. The Bertz CT molecular complexity index is 181. The quantitative estimate of drug-likeness (QED) is 0.649. The summed E-state index contributed by atoms with van der Waals surface area (Å²) in [7, 11) is 4.17. The van der Waals surface area contributed by atoms with Gasteiger partial charge in [-0.25, -0.2) is 0 Å². The summed E-state index contributed by atoms with van der Waals surface area (Å²) in [5.41, 5.74) is 5.91. The van der Waals surface area contributed by atoms with E-state index >= 15 is 0 Å². The molecule has 0 aliphatic carbocycles. The molecule has 90 valence electrons. The van der Waals surface area contributed by atoms with Gasteiger partial charge in [-0.1, -0.05) is 0 Å². The maximum Gasteiger partial charge on any atom is 0.0513 e. The van der Waals surface area contributed by atoms with Crippen molar-refractivity contribution in [1.82, 2.24) is 10.2 Å². The molecule has 0 bridgehead atoms. The number of ether oxygens (including phenoxy) is 1. The van der Waals surface area contributed by atoms with E-state index in [1.54, 1.807) is 0 Å². The lowest BCUT2D eigenvalue weighted by atomic mass is 9.85. The Morgan fingerprint density at radius 1 is 1.53 bits per heavy atom. The third-order valence-electron chi connectivity index (χ3n) is 3.34. The fourth-order valence-electron chi connectivity index (χ4n) is 1.99. The van der Waals surface area contributed by atoms with Crippen molar-refractivity contribution in [2.45, 2.75) is 18.9 Å². The first-order valence-electron chi connectivity index (χ1n) is 5.76. The Morgan fingerprint density at radius 2 is 2.27 bits per heavy atom. The molecule has 1 saturated heterocycles. The normalized spacial score (nSPS) is 25.8. The molecular formula is C11H25N3O. The standard InChI is InChI=1S/C11H25N3O/c1-11(9-12,10-4-7-15-8-10)13-5-6-14(2)3/h10,13H,4-9,12H2,1-3H3. The summed E-state index contributed by atoms with van der Waals surface area (Å²) in [6, 6.07) is 0. The summed E-state index contributed by atoms with van der Waals surface area (Å²) in [5.74, 6) is 0.560. The molecule has 0 aromatic carbocycles. The van der Waals surface area contributed by atoms with Crippen LogP contribution < -0.4 is 11.1 Å². The molecule has 15 heavy (non-hydrogen) atoms. The third-order valence-corrected chi connectivity index (χ3v) is 3.34. The minimum Gasteiger partial charge on any atom is -0.381 e. The van der Waals surface area contributed by atoms with Gasteiger partial charge in [0.05, 0.1) is 6.61 Å². The van der Waals surface area contributed by atoms with E-state index in [1.807, 2.05) is 0 Å². The number of hydrogen-bond acceptors (Lipinski definition) is 4. The van der Waals surface area contributed by atoms with Gasteiger partial charge in [0.25, 0.3) is 0 Å². The second kappa shape index (κ2) is 5.80. The van der Waals surface area contributed by atoms with Crippen LogP contribution in [0.5, 0.6) is 0 Å². The predicted octanol–water partition coefficient (Wildman–Crippen LogP) is -0.108. The number of nitrogens with zero attached hydrogens (tertiary/aromatic N) is 1. The SMILES string of the molecule is CN(C)CCNC(C)(CN)C1CCOC1. The van der Waals surface area contributed by atoms with Crippen LogP contribution in [0.15, 0.2) is 0 Å². The minimum atomic E-state index is 0.0342. The summed E-state index contributed by atoms with van der Waals surface area (Å²) < 4.78 is 5.43. The first-order valence-corrected chi connectivity index (χ1v) is 5.76. The van der Waals surface area contributed by atoms with Crippen molar-refractivity contribution in [2.24, 2.45) is 11.7 Å². The maximum absolute atomic E-state index is 5.87. The molecule has 1 fully saturated rings. The maximum atomic E-state index is 5.87. The fraction of sp³-hybridized carbons (Fsp3) is 1.00. The molecule has 1 rings (SSSR count). The number of hydrogen-bond donors (Lipinski definition) is 2. The summed E-state index contributed by atoms with van der Waals surface area (Å²) in [6.45, 7) is 6.65. The number of likely N-dealkylation sites (N-methyl/N-ethyl adjacent to an activating group) is 1. The number of nitrogens with one attached hydrogen (secondary N) is 1. The Labute approximate surface area is 93.1 Å². The highest BCUT2D eigenvalue weighted by atomic mass is 16.5. The summed E-state index contributed by atoms with van der Waals surface area (Å²) in [6.07, 6.45) is 1.13. The number of rotatable bonds is 6. The van der Waals surface area contributed by atoms with Crippen molar-refractivity contribution in [2.75, 3.05) is 46.9 Å². The van der Waals surface area contributed by atoms with E-state index in [1.165, 1.54) is 0 Å². The Kier molecular flexibility index (Phi) is 4.99. The second-order valence-corrected chi connectivity index (χ2v) is 4.91. The Hall–Kier alpha value is -0.160. The highest BCUT2D eigenvalue weighted by Crippen LogP contribution is 2.24. The summed E-state index contributed by atoms with van der Waals surface area (Å²) in [5, 5.41) is 3.57. The molecule has 1 aliphatic rings. The summed E-state index contributed by atoms with van der Waals surface area (Å²) in [4.78, 5) is 2.18. The molecule has 1 aliphatic heterocycles. The van der Waals surface area contributed by atoms with Crippen molar-refractivity contribution in [3.05, 3.63) is 0 Å². The van der Waals surface area contributed by atoms with E-state index in [-0.39, 0.29) is 5.54 Å². The van der Waals surface area contributed by atoms with E-state index < -0.39 is 0 Å². The molecule has 1 heterocycles. The van der Waals surface area contributed by atoms with Crippen LogP contribution in [0.1, 0.15) is 13.3 Å². The molecule has 0 spiro atoms. The average molecular weight is 215 g/mol. The van der Waals surface area contributed by atoms with Gasteiger partial charge in [-0.3, -0.25) is 0 Å². The lowest BCUT2D eigenvalue weighted by Gasteiger charge is -2.35. The van der Waals surface area contributed by atoms with Crippen molar-refractivity contribution >= 4 is 0 Å². The monoisotopic (exact) mass is 215 g/mol. The molecule has 2 unspecified atom stereocenters. The van der Waals surface area contributed by atoms with E-state index in [2.05, 4.69) is 31.2 Å². The van der Waals surface area contributed by atoms with Gasteiger partial charge in [0.1, 0.15) is 0 Å². The van der Waals surface area contributed by atoms with Crippen LogP contribution in [0.25, 0.3) is 0 Å². The lowest BCUT2D eigenvalue weighted by molar-refractivity contribution is 0.153. The van der Waals surface area contributed by atoms with Gasteiger partial charge in [0, 0.05) is 37.7 Å². The smallest absolute Gasteiger partial charge is 0.0513 e. The zero-order valence-corrected chi connectivity index (χ0v) is 10.3. The second-order valence-electron chi connectivity index (χ2n) is 4.91. The van der Waals surface area contributed by atoms with Crippen LogP contribution in [-0.4, -0.2) is 57.4 Å². The van der Waals surface area contributed by atoms with Gasteiger partial charge in [0.2, 0.25) is 0 Å². The topological polar surface area (TPSA) is 50.5 Å². The van der Waals surface area contributed by atoms with E-state index in [0.29, 0.717) is 12.5 Å². The molecule has 0 aromatic heterocycles. The highest BCUT2D eigenvalue weighted by Gasteiger charge is 2.34. The molecule has 4 heteroatoms. The van der Waals surface area contributed by atoms with Gasteiger partial charge < -0.3 is 20.7 Å². The Balaban J connectivity index is 2.37. The van der Waals surface area contributed by atoms with Crippen LogP contribution in [0, 0.1) is 5.92 Å². The lowest BCUT2D eigenvalue weighted by Crippen LogP contribution is -2.55. The van der Waals surface area contributed by atoms with Gasteiger partial charge in [-0.05, 0) is 27.4 Å². The van der Waals surface area contributed by atoms with Crippen LogP contribution in [-0.2, 0) is 4.74 Å². The molecule has 4 nitrogen and oxygen atoms in total. The largest absolute Gasteiger partial charge is 0.381 e. The zero-order valence-electron chi connectivity index (χ0n) is 10.3. The van der Waals surface area contributed by atoms with E-state index in [9.17, 15) is 0 Å². The van der Waals surface area contributed by atoms with Crippen LogP contribution in [0.3, 0.4) is 0 Å². The minimum absolute atomic E-state index is 0.0342. The molecule has 3 N–H and O–H groups in total. The molecular weight excluding hydrogens is 190 g/mol. The molecule has 0 saturated carbocycles. The van der Waals surface area contributed by atoms with E-state index in [4.69, 9.17) is 10.5 Å². The van der Waals surface area contributed by atoms with Gasteiger partial charge >= 0.3 is 0 Å². The zero-order chi connectivity index (χ0) is 11.3. The Morgan fingerprint density at radius 3 is 2.73 bits per heavy atom. The first-order chi connectivity index (χ1) is 7.08. The van der Waals surface area contributed by atoms with Crippen molar-refractivity contribution in [1.29, 1.82) is 0 Å². The van der Waals surface area contributed by atoms with Crippen LogP contribution >= 0.6 is 0 Å². The highest BCUT2D eigenvalue weighted by molar-refractivity contribution is 4.93. The fourth-order valence-corrected chi connectivity index (χ4v) is 1.99. The van der Waals surface area contributed by atoms with Crippen LogP contribution in [0.4, 0.5) is 0 Å². The first kappa shape index (κ1) is 12.9. The predicted molar refractivity (Wildman–Crippen MR) is 62.9 cm³/mol.